The molecule has 1 heterocycles. The highest BCUT2D eigenvalue weighted by Gasteiger charge is 2.32. The van der Waals surface area contributed by atoms with E-state index in [1.54, 1.807) is 7.11 Å². The average molecular weight is 362 g/mol. The minimum atomic E-state index is 0.00599. The van der Waals surface area contributed by atoms with Crippen molar-refractivity contribution in [3.8, 4) is 0 Å². The van der Waals surface area contributed by atoms with E-state index < -0.39 is 0 Å². The van der Waals surface area contributed by atoms with Crippen LogP contribution in [0.5, 0.6) is 0 Å². The molecule has 0 aliphatic carbocycles. The van der Waals surface area contributed by atoms with Gasteiger partial charge < -0.3 is 15.4 Å². The number of carbonyl (C=O) groups excluding carboxylic acids is 1. The van der Waals surface area contributed by atoms with Crippen molar-refractivity contribution < 1.29 is 9.53 Å². The molecule has 146 valence electrons. The summed E-state index contributed by atoms with van der Waals surface area (Å²) in [4.78, 5) is 15.0. The van der Waals surface area contributed by atoms with Crippen LogP contribution in [0.2, 0.25) is 0 Å². The molecule has 0 spiro atoms. The summed E-state index contributed by atoms with van der Waals surface area (Å²) in [5.74, 6) is 0.00599. The van der Waals surface area contributed by atoms with Gasteiger partial charge in [0, 0.05) is 31.2 Å². The molecule has 1 saturated heterocycles. The van der Waals surface area contributed by atoms with Gasteiger partial charge in [0.1, 0.15) is 0 Å². The number of benzene rings is 1. The van der Waals surface area contributed by atoms with Crippen molar-refractivity contribution in [2.45, 2.75) is 39.7 Å². The maximum absolute atomic E-state index is 12.5. The summed E-state index contributed by atoms with van der Waals surface area (Å²) in [6.45, 7) is 10.8. The molecule has 5 nitrogen and oxygen atoms in total. The molecule has 0 saturated carbocycles. The van der Waals surface area contributed by atoms with Gasteiger partial charge in [-0.3, -0.25) is 9.69 Å². The molecule has 1 aliphatic heterocycles. The van der Waals surface area contributed by atoms with Crippen LogP contribution in [0.4, 0.5) is 0 Å². The lowest BCUT2D eigenvalue weighted by molar-refractivity contribution is 0.0512. The van der Waals surface area contributed by atoms with Crippen LogP contribution in [0.25, 0.3) is 0 Å². The second-order valence-electron chi connectivity index (χ2n) is 7.43. The Hall–Kier alpha value is -1.43. The van der Waals surface area contributed by atoms with Gasteiger partial charge >= 0.3 is 0 Å². The zero-order valence-corrected chi connectivity index (χ0v) is 16.6. The van der Waals surface area contributed by atoms with Crippen molar-refractivity contribution in [3.63, 3.8) is 0 Å². The molecule has 0 radical (unpaired) electrons. The Bertz CT molecular complexity index is 533. The first-order valence-corrected chi connectivity index (χ1v) is 9.91. The first kappa shape index (κ1) is 20.9. The third kappa shape index (κ3) is 6.08. The summed E-state index contributed by atoms with van der Waals surface area (Å²) >= 11 is 0. The summed E-state index contributed by atoms with van der Waals surface area (Å²) < 4.78 is 5.42. The van der Waals surface area contributed by atoms with Crippen molar-refractivity contribution in [2.24, 2.45) is 5.41 Å². The van der Waals surface area contributed by atoms with Crippen LogP contribution in [-0.2, 0) is 11.3 Å². The first-order valence-electron chi connectivity index (χ1n) is 9.91. The largest absolute Gasteiger partial charge is 0.384 e. The van der Waals surface area contributed by atoms with Crippen LogP contribution >= 0.6 is 0 Å². The van der Waals surface area contributed by atoms with E-state index in [9.17, 15) is 4.79 Å². The van der Waals surface area contributed by atoms with Crippen LogP contribution in [0.3, 0.4) is 0 Å². The van der Waals surface area contributed by atoms with Crippen molar-refractivity contribution >= 4 is 5.91 Å². The van der Waals surface area contributed by atoms with Crippen LogP contribution in [0, 0.1) is 5.41 Å². The van der Waals surface area contributed by atoms with Gasteiger partial charge in [0.15, 0.2) is 0 Å². The molecule has 2 N–H and O–H groups in total. The van der Waals surface area contributed by atoms with Gasteiger partial charge in [-0.05, 0) is 63.1 Å². The summed E-state index contributed by atoms with van der Waals surface area (Å²) in [6, 6.07) is 8.02. The van der Waals surface area contributed by atoms with Crippen LogP contribution in [0.1, 0.15) is 49.0 Å². The van der Waals surface area contributed by atoms with E-state index >= 15 is 0 Å². The summed E-state index contributed by atoms with van der Waals surface area (Å²) in [6.07, 6.45) is 3.22. The normalized spacial score (nSPS) is 16.6. The molecule has 0 atom stereocenters. The van der Waals surface area contributed by atoms with E-state index in [1.807, 2.05) is 12.1 Å². The molecule has 1 aromatic rings. The molecule has 1 amide bonds. The molecule has 1 aromatic carbocycles. The number of piperidine rings is 1. The monoisotopic (exact) mass is 361 g/mol. The smallest absolute Gasteiger partial charge is 0.251 e. The molecule has 0 unspecified atom stereocenters. The Kier molecular flexibility index (Phi) is 8.55. The van der Waals surface area contributed by atoms with Gasteiger partial charge in [0.2, 0.25) is 0 Å². The average Bonchev–Trinajstić information content (AvgIpc) is 2.67. The molecule has 1 fully saturated rings. The van der Waals surface area contributed by atoms with Crippen LogP contribution < -0.4 is 10.6 Å². The summed E-state index contributed by atoms with van der Waals surface area (Å²) in [5, 5.41) is 6.51. The third-order valence-corrected chi connectivity index (χ3v) is 5.35. The molecule has 0 aromatic heterocycles. The van der Waals surface area contributed by atoms with Crippen molar-refractivity contribution in [1.82, 2.24) is 15.5 Å². The maximum atomic E-state index is 12.5. The van der Waals surface area contributed by atoms with Crippen LogP contribution in [-0.4, -0.2) is 57.2 Å². The minimum Gasteiger partial charge on any atom is -0.384 e. The van der Waals surface area contributed by atoms with E-state index in [2.05, 4.69) is 41.5 Å². The van der Waals surface area contributed by atoms with Gasteiger partial charge in [-0.15, -0.1) is 0 Å². The van der Waals surface area contributed by atoms with Crippen molar-refractivity contribution in [1.29, 1.82) is 0 Å². The fraction of sp³-hybridized carbons (Fsp3) is 0.667. The lowest BCUT2D eigenvalue weighted by Gasteiger charge is -2.37. The van der Waals surface area contributed by atoms with E-state index in [0.29, 0.717) is 13.2 Å². The lowest BCUT2D eigenvalue weighted by Crippen LogP contribution is -2.47. The Balaban J connectivity index is 1.90. The van der Waals surface area contributed by atoms with Gasteiger partial charge in [-0.1, -0.05) is 26.0 Å². The number of carbonyl (C=O) groups is 1. The van der Waals surface area contributed by atoms with Gasteiger partial charge in [-0.2, -0.15) is 0 Å². The van der Waals surface area contributed by atoms with Gasteiger partial charge in [-0.25, -0.2) is 0 Å². The number of nitrogens with one attached hydrogen (secondary N) is 2. The zero-order chi connectivity index (χ0) is 18.8. The van der Waals surface area contributed by atoms with E-state index in [1.165, 1.54) is 5.56 Å². The lowest BCUT2D eigenvalue weighted by atomic mass is 9.79. The minimum absolute atomic E-state index is 0.00599. The molecule has 26 heavy (non-hydrogen) atoms. The van der Waals surface area contributed by atoms with E-state index in [4.69, 9.17) is 4.74 Å². The Morgan fingerprint density at radius 2 is 1.92 bits per heavy atom. The third-order valence-electron chi connectivity index (χ3n) is 5.35. The Morgan fingerprint density at radius 3 is 2.50 bits per heavy atom. The highest BCUT2D eigenvalue weighted by atomic mass is 16.5. The predicted molar refractivity (Wildman–Crippen MR) is 106 cm³/mol. The number of nitrogens with zero attached hydrogens (tertiary/aromatic N) is 1. The highest BCUT2D eigenvalue weighted by molar-refractivity contribution is 5.94. The summed E-state index contributed by atoms with van der Waals surface area (Å²) in [5.41, 5.74) is 2.04. The van der Waals surface area contributed by atoms with Crippen molar-refractivity contribution in [2.75, 3.05) is 46.4 Å². The quantitative estimate of drug-likeness (QED) is 0.673. The van der Waals surface area contributed by atoms with Crippen molar-refractivity contribution in [3.05, 3.63) is 35.4 Å². The van der Waals surface area contributed by atoms with Gasteiger partial charge in [0.05, 0.1) is 6.61 Å². The highest BCUT2D eigenvalue weighted by Crippen LogP contribution is 2.28. The maximum Gasteiger partial charge on any atom is 0.251 e. The molecule has 1 aliphatic rings. The second kappa shape index (κ2) is 10.7. The predicted octanol–water partition coefficient (Wildman–Crippen LogP) is 2.66. The second-order valence-corrected chi connectivity index (χ2v) is 7.43. The SMILES string of the molecule is CCCN(CC)Cc1ccc(C(=O)NCC2(COC)CCNCC2)cc1. The molecular weight excluding hydrogens is 326 g/mol. The fourth-order valence-electron chi connectivity index (χ4n) is 3.69. The summed E-state index contributed by atoms with van der Waals surface area (Å²) in [7, 11) is 1.74. The number of methoxy groups -OCH3 is 1. The Labute approximate surface area is 158 Å². The fourth-order valence-corrected chi connectivity index (χ4v) is 3.69. The topological polar surface area (TPSA) is 53.6 Å². The first-order chi connectivity index (χ1) is 12.6. The van der Waals surface area contributed by atoms with E-state index in [-0.39, 0.29) is 11.3 Å². The number of ether oxygens (including phenoxy) is 1. The van der Waals surface area contributed by atoms with E-state index in [0.717, 1.165) is 57.5 Å². The number of amides is 1. The number of hydrogen-bond donors (Lipinski definition) is 2. The van der Waals surface area contributed by atoms with Gasteiger partial charge in [0.25, 0.3) is 5.91 Å². The zero-order valence-electron chi connectivity index (χ0n) is 16.6. The molecule has 0 bridgehead atoms. The Morgan fingerprint density at radius 1 is 1.23 bits per heavy atom. The number of rotatable bonds is 10. The molecular formula is C21H35N3O2. The number of hydrogen-bond acceptors (Lipinski definition) is 4. The standard InChI is InChI=1S/C21H35N3O2/c1-4-14-24(5-2)15-18-6-8-19(9-7-18)20(25)23-16-21(17-26-3)10-12-22-13-11-21/h6-9,22H,4-5,10-17H2,1-3H3,(H,23,25). The van der Waals surface area contributed by atoms with Crippen LogP contribution in [0.15, 0.2) is 24.3 Å². The molecule has 5 heteroatoms. The molecule has 2 rings (SSSR count).